The number of amides is 1. The highest BCUT2D eigenvalue weighted by molar-refractivity contribution is 6.07. The predicted octanol–water partition coefficient (Wildman–Crippen LogP) is 3.96. The second kappa shape index (κ2) is 7.13. The highest BCUT2D eigenvalue weighted by Crippen LogP contribution is 2.25. The van der Waals surface area contributed by atoms with Crippen LogP contribution in [0.2, 0.25) is 0 Å². The second-order valence-electron chi connectivity index (χ2n) is 5.81. The lowest BCUT2D eigenvalue weighted by atomic mass is 10.1. The number of hydrazone groups is 1. The van der Waals surface area contributed by atoms with Crippen molar-refractivity contribution >= 4 is 23.0 Å². The minimum Gasteiger partial charge on any atom is -0.507 e. The third kappa shape index (κ3) is 3.41. The zero-order valence-electron chi connectivity index (χ0n) is 14.2. The van der Waals surface area contributed by atoms with Gasteiger partial charge in [-0.15, -0.1) is 0 Å². The van der Waals surface area contributed by atoms with Gasteiger partial charge in [-0.1, -0.05) is 30.3 Å². The maximum Gasteiger partial charge on any atom is 0.272 e. The Bertz CT molecular complexity index is 1130. The van der Waals surface area contributed by atoms with Crippen LogP contribution in [0.25, 0.3) is 22.4 Å². The van der Waals surface area contributed by atoms with Crippen molar-refractivity contribution in [1.29, 1.82) is 0 Å². The molecule has 0 spiro atoms. The van der Waals surface area contributed by atoms with E-state index in [1.54, 1.807) is 48.7 Å². The summed E-state index contributed by atoms with van der Waals surface area (Å²) in [6.45, 7) is 0. The summed E-state index contributed by atoms with van der Waals surface area (Å²) in [4.78, 5) is 17.3. The molecule has 6 heteroatoms. The second-order valence-corrected chi connectivity index (χ2v) is 5.81. The number of nitrogens with one attached hydrogen (secondary N) is 1. The van der Waals surface area contributed by atoms with Crippen molar-refractivity contribution in [3.05, 3.63) is 84.1 Å². The molecule has 6 nitrogen and oxygen atoms in total. The highest BCUT2D eigenvalue weighted by Gasteiger charge is 2.14. The molecule has 2 aromatic heterocycles. The molecule has 0 aliphatic carbocycles. The van der Waals surface area contributed by atoms with Crippen LogP contribution in [-0.4, -0.2) is 22.2 Å². The van der Waals surface area contributed by atoms with E-state index >= 15 is 0 Å². The molecule has 4 aromatic rings. The Labute approximate surface area is 154 Å². The van der Waals surface area contributed by atoms with Gasteiger partial charge in [0, 0.05) is 10.9 Å². The first-order valence-electron chi connectivity index (χ1n) is 8.27. The summed E-state index contributed by atoms with van der Waals surface area (Å²) in [6.07, 6.45) is 2.95. The van der Waals surface area contributed by atoms with Crippen molar-refractivity contribution in [2.75, 3.05) is 0 Å². The van der Waals surface area contributed by atoms with Crippen molar-refractivity contribution in [2.24, 2.45) is 5.10 Å². The Hall–Kier alpha value is -3.93. The van der Waals surface area contributed by atoms with Crippen LogP contribution in [0.15, 0.2) is 82.5 Å². The number of hydrogen-bond acceptors (Lipinski definition) is 5. The van der Waals surface area contributed by atoms with Gasteiger partial charge < -0.3 is 9.52 Å². The van der Waals surface area contributed by atoms with Crippen LogP contribution in [0.5, 0.6) is 5.75 Å². The summed E-state index contributed by atoms with van der Waals surface area (Å²) in [6, 6.07) is 19.3. The number of para-hydroxylation sites is 2. The Morgan fingerprint density at radius 2 is 1.89 bits per heavy atom. The average Bonchev–Trinajstić information content (AvgIpc) is 3.23. The van der Waals surface area contributed by atoms with Crippen LogP contribution < -0.4 is 5.43 Å². The molecular formula is C21H15N3O3. The van der Waals surface area contributed by atoms with E-state index in [0.717, 1.165) is 0 Å². The summed E-state index contributed by atoms with van der Waals surface area (Å²) < 4.78 is 5.40. The number of aromatic nitrogens is 1. The van der Waals surface area contributed by atoms with Crippen LogP contribution in [0, 0.1) is 0 Å². The quantitative estimate of drug-likeness (QED) is 0.427. The van der Waals surface area contributed by atoms with Gasteiger partial charge in [-0.2, -0.15) is 5.10 Å². The Balaban J connectivity index is 1.67. The van der Waals surface area contributed by atoms with Crippen LogP contribution >= 0.6 is 0 Å². The molecule has 0 radical (unpaired) electrons. The van der Waals surface area contributed by atoms with Gasteiger partial charge in [0.25, 0.3) is 5.91 Å². The van der Waals surface area contributed by atoms with Gasteiger partial charge in [0.1, 0.15) is 11.4 Å². The first-order chi connectivity index (χ1) is 13.2. The molecule has 0 bridgehead atoms. The molecule has 2 aromatic carbocycles. The molecule has 132 valence electrons. The normalized spacial score (nSPS) is 11.1. The maximum absolute atomic E-state index is 12.7. The summed E-state index contributed by atoms with van der Waals surface area (Å²) in [5.41, 5.74) is 4.69. The van der Waals surface area contributed by atoms with Gasteiger partial charge in [0.2, 0.25) is 0 Å². The first-order valence-corrected chi connectivity index (χ1v) is 8.27. The summed E-state index contributed by atoms with van der Waals surface area (Å²) in [5.74, 6) is 0.283. The fraction of sp³-hybridized carbons (Fsp3) is 0. The fourth-order valence-electron chi connectivity index (χ4n) is 2.73. The van der Waals surface area contributed by atoms with Crippen LogP contribution in [0.1, 0.15) is 15.9 Å². The van der Waals surface area contributed by atoms with E-state index in [2.05, 4.69) is 15.5 Å². The Morgan fingerprint density at radius 1 is 1.07 bits per heavy atom. The topological polar surface area (TPSA) is 87.7 Å². The van der Waals surface area contributed by atoms with E-state index in [-0.39, 0.29) is 11.7 Å². The smallest absolute Gasteiger partial charge is 0.272 e. The van der Waals surface area contributed by atoms with E-state index in [1.165, 1.54) is 6.21 Å². The number of carbonyl (C=O) groups excluding carboxylic acids is 1. The van der Waals surface area contributed by atoms with Gasteiger partial charge >= 0.3 is 0 Å². The average molecular weight is 357 g/mol. The number of aromatic hydroxyl groups is 1. The van der Waals surface area contributed by atoms with Crippen LogP contribution in [0.3, 0.4) is 0 Å². The molecule has 0 saturated carbocycles. The SMILES string of the molecule is O=C(NN=Cc1ccccc1O)c1cc(-c2ccco2)nc2ccccc12. The van der Waals surface area contributed by atoms with Gasteiger partial charge in [0.05, 0.1) is 23.6 Å². The molecule has 2 heterocycles. The number of pyridine rings is 1. The van der Waals surface area contributed by atoms with Crippen molar-refractivity contribution in [1.82, 2.24) is 10.4 Å². The number of phenols is 1. The van der Waals surface area contributed by atoms with Crippen molar-refractivity contribution in [3.63, 3.8) is 0 Å². The first kappa shape index (κ1) is 16.5. The monoisotopic (exact) mass is 357 g/mol. The lowest BCUT2D eigenvalue weighted by Crippen LogP contribution is -2.18. The van der Waals surface area contributed by atoms with Crippen LogP contribution in [0.4, 0.5) is 0 Å². The summed E-state index contributed by atoms with van der Waals surface area (Å²) in [5, 5.41) is 14.4. The molecule has 1 amide bonds. The zero-order valence-corrected chi connectivity index (χ0v) is 14.2. The molecule has 0 atom stereocenters. The Kier molecular flexibility index (Phi) is 4.37. The molecule has 0 unspecified atom stereocenters. The summed E-state index contributed by atoms with van der Waals surface area (Å²) >= 11 is 0. The Morgan fingerprint density at radius 3 is 2.70 bits per heavy atom. The predicted molar refractivity (Wildman–Crippen MR) is 103 cm³/mol. The summed E-state index contributed by atoms with van der Waals surface area (Å²) in [7, 11) is 0. The van der Waals surface area contributed by atoms with E-state index in [1.807, 2.05) is 24.3 Å². The van der Waals surface area contributed by atoms with Crippen molar-refractivity contribution in [3.8, 4) is 17.2 Å². The minimum absolute atomic E-state index is 0.0879. The number of rotatable bonds is 4. The van der Waals surface area contributed by atoms with Gasteiger partial charge in [-0.25, -0.2) is 10.4 Å². The largest absolute Gasteiger partial charge is 0.507 e. The molecule has 0 aliphatic rings. The minimum atomic E-state index is -0.381. The highest BCUT2D eigenvalue weighted by atomic mass is 16.3. The molecule has 0 aliphatic heterocycles. The number of nitrogens with zero attached hydrogens (tertiary/aromatic N) is 2. The van der Waals surface area contributed by atoms with Gasteiger partial charge in [0.15, 0.2) is 5.76 Å². The number of benzene rings is 2. The third-order valence-corrected chi connectivity index (χ3v) is 4.04. The number of furan rings is 1. The third-order valence-electron chi connectivity index (χ3n) is 4.04. The molecular weight excluding hydrogens is 342 g/mol. The number of phenolic OH excluding ortho intramolecular Hbond substituents is 1. The van der Waals surface area contributed by atoms with Gasteiger partial charge in [-0.05, 0) is 36.4 Å². The van der Waals surface area contributed by atoms with E-state index < -0.39 is 0 Å². The number of fused-ring (bicyclic) bond motifs is 1. The van der Waals surface area contributed by atoms with Crippen LogP contribution in [-0.2, 0) is 0 Å². The molecule has 0 fully saturated rings. The van der Waals surface area contributed by atoms with Gasteiger partial charge in [-0.3, -0.25) is 4.79 Å². The van der Waals surface area contributed by atoms with E-state index in [9.17, 15) is 9.90 Å². The fourth-order valence-corrected chi connectivity index (χ4v) is 2.73. The van der Waals surface area contributed by atoms with Crippen molar-refractivity contribution in [2.45, 2.75) is 0 Å². The molecule has 0 saturated heterocycles. The van der Waals surface area contributed by atoms with E-state index in [0.29, 0.717) is 33.5 Å². The number of hydrogen-bond donors (Lipinski definition) is 2. The maximum atomic E-state index is 12.7. The molecule has 4 rings (SSSR count). The van der Waals surface area contributed by atoms with E-state index in [4.69, 9.17) is 4.42 Å². The molecule has 2 N–H and O–H groups in total. The number of carbonyl (C=O) groups is 1. The molecule has 27 heavy (non-hydrogen) atoms. The van der Waals surface area contributed by atoms with Crippen molar-refractivity contribution < 1.29 is 14.3 Å². The lowest BCUT2D eigenvalue weighted by Gasteiger charge is -2.07. The standard InChI is InChI=1S/C21H15N3O3/c25-19-9-4-1-6-14(19)13-22-24-21(26)16-12-18(20-10-5-11-27-20)23-17-8-3-2-7-15(16)17/h1-13,25H,(H,24,26). The lowest BCUT2D eigenvalue weighted by molar-refractivity contribution is 0.0956. The zero-order chi connectivity index (χ0) is 18.6.